The third-order valence-corrected chi connectivity index (χ3v) is 4.33. The molecular weight excluding hydrogens is 310 g/mol. The predicted molar refractivity (Wildman–Crippen MR) is 95.4 cm³/mol. The van der Waals surface area contributed by atoms with Gasteiger partial charge in [-0.15, -0.1) is 0 Å². The number of rotatable bonds is 5. The van der Waals surface area contributed by atoms with E-state index in [1.165, 1.54) is 0 Å². The zero-order valence-electron chi connectivity index (χ0n) is 13.9. The molecule has 1 atom stereocenters. The minimum absolute atomic E-state index is 0.173. The molecule has 0 fully saturated rings. The third-order valence-electron chi connectivity index (χ3n) is 3.93. The van der Waals surface area contributed by atoms with E-state index < -0.39 is 6.10 Å². The maximum atomic E-state index is 12.5. The molecule has 0 bridgehead atoms. The highest BCUT2D eigenvalue weighted by molar-refractivity contribution is 6.31. The first kappa shape index (κ1) is 17.4. The summed E-state index contributed by atoms with van der Waals surface area (Å²) in [6.07, 6.45) is 0.0364. The second kappa shape index (κ2) is 7.51. The van der Waals surface area contributed by atoms with E-state index in [1.54, 1.807) is 6.07 Å². The number of hydrogen-bond donors (Lipinski definition) is 1. The Morgan fingerprint density at radius 3 is 2.57 bits per heavy atom. The summed E-state index contributed by atoms with van der Waals surface area (Å²) in [7, 11) is 0. The van der Waals surface area contributed by atoms with Gasteiger partial charge in [0.25, 0.3) is 5.91 Å². The molecule has 2 rings (SSSR count). The molecule has 0 spiro atoms. The summed E-state index contributed by atoms with van der Waals surface area (Å²) in [4.78, 5) is 12.5. The summed E-state index contributed by atoms with van der Waals surface area (Å²) >= 11 is 6.10. The summed E-state index contributed by atoms with van der Waals surface area (Å²) in [5.74, 6) is 0.572. The number of aryl methyl sites for hydroxylation is 2. The number of amides is 1. The molecule has 0 saturated carbocycles. The van der Waals surface area contributed by atoms with Crippen LogP contribution in [0, 0.1) is 20.8 Å². The molecule has 23 heavy (non-hydrogen) atoms. The van der Waals surface area contributed by atoms with Gasteiger partial charge in [0.1, 0.15) is 5.75 Å². The standard InChI is InChI=1S/C19H22ClNO2/c1-5-17(23-18-8-6-7-12(2)14(18)4)19(22)21-15-10-9-13(3)16(20)11-15/h6-11,17H,5H2,1-4H3,(H,21,22)/t17-/m0/s1. The maximum absolute atomic E-state index is 12.5. The van der Waals surface area contributed by atoms with Gasteiger partial charge in [-0.1, -0.05) is 36.7 Å². The Hall–Kier alpha value is -2.00. The smallest absolute Gasteiger partial charge is 0.265 e. The van der Waals surface area contributed by atoms with Crippen molar-refractivity contribution in [3.63, 3.8) is 0 Å². The van der Waals surface area contributed by atoms with Crippen molar-refractivity contribution in [3.05, 3.63) is 58.1 Å². The van der Waals surface area contributed by atoms with Crippen LogP contribution in [0.3, 0.4) is 0 Å². The van der Waals surface area contributed by atoms with Crippen molar-refractivity contribution in [2.45, 2.75) is 40.2 Å². The number of anilines is 1. The van der Waals surface area contributed by atoms with Crippen LogP contribution in [-0.2, 0) is 4.79 Å². The normalized spacial score (nSPS) is 11.9. The van der Waals surface area contributed by atoms with Crippen LogP contribution in [0.2, 0.25) is 5.02 Å². The van der Waals surface area contributed by atoms with Crippen molar-refractivity contribution in [2.24, 2.45) is 0 Å². The number of ether oxygens (including phenoxy) is 1. The van der Waals surface area contributed by atoms with Gasteiger partial charge in [-0.25, -0.2) is 0 Å². The van der Waals surface area contributed by atoms with E-state index in [4.69, 9.17) is 16.3 Å². The number of carbonyl (C=O) groups is 1. The fourth-order valence-corrected chi connectivity index (χ4v) is 2.40. The lowest BCUT2D eigenvalue weighted by Gasteiger charge is -2.19. The van der Waals surface area contributed by atoms with Crippen LogP contribution in [0.5, 0.6) is 5.75 Å². The third kappa shape index (κ3) is 4.26. The molecule has 3 nitrogen and oxygen atoms in total. The van der Waals surface area contributed by atoms with Crippen molar-refractivity contribution >= 4 is 23.2 Å². The molecule has 1 N–H and O–H groups in total. The summed E-state index contributed by atoms with van der Waals surface area (Å²) in [6.45, 7) is 7.87. The Kier molecular flexibility index (Phi) is 5.67. The van der Waals surface area contributed by atoms with Crippen LogP contribution in [0.15, 0.2) is 36.4 Å². The van der Waals surface area contributed by atoms with Crippen LogP contribution >= 0.6 is 11.6 Å². The van der Waals surface area contributed by atoms with Crippen LogP contribution in [0.25, 0.3) is 0 Å². The van der Waals surface area contributed by atoms with Gasteiger partial charge in [0.05, 0.1) is 0 Å². The second-order valence-corrected chi connectivity index (χ2v) is 6.07. The van der Waals surface area contributed by atoms with Crippen molar-refractivity contribution in [2.75, 3.05) is 5.32 Å². The lowest BCUT2D eigenvalue weighted by Crippen LogP contribution is -2.32. The average molecular weight is 332 g/mol. The van der Waals surface area contributed by atoms with Crippen LogP contribution in [0.1, 0.15) is 30.0 Å². The molecule has 0 unspecified atom stereocenters. The first-order valence-electron chi connectivity index (χ1n) is 7.72. The van der Waals surface area contributed by atoms with Gasteiger partial charge in [-0.2, -0.15) is 0 Å². The van der Waals surface area contributed by atoms with E-state index in [2.05, 4.69) is 5.32 Å². The maximum Gasteiger partial charge on any atom is 0.265 e. The fraction of sp³-hybridized carbons (Fsp3) is 0.316. The van der Waals surface area contributed by atoms with E-state index in [1.807, 2.05) is 58.0 Å². The number of carbonyl (C=O) groups excluding carboxylic acids is 1. The number of nitrogens with one attached hydrogen (secondary N) is 1. The van der Waals surface area contributed by atoms with Crippen molar-refractivity contribution in [1.82, 2.24) is 0 Å². The SMILES string of the molecule is CC[C@H](Oc1cccc(C)c1C)C(=O)Nc1ccc(C)c(Cl)c1. The quantitative estimate of drug-likeness (QED) is 0.831. The topological polar surface area (TPSA) is 38.3 Å². The van der Waals surface area contributed by atoms with E-state index >= 15 is 0 Å². The summed E-state index contributed by atoms with van der Waals surface area (Å²) < 4.78 is 5.92. The molecular formula is C19H22ClNO2. The van der Waals surface area contributed by atoms with Crippen molar-refractivity contribution < 1.29 is 9.53 Å². The van der Waals surface area contributed by atoms with E-state index in [9.17, 15) is 4.79 Å². The zero-order valence-corrected chi connectivity index (χ0v) is 14.7. The average Bonchev–Trinajstić information content (AvgIpc) is 2.52. The highest BCUT2D eigenvalue weighted by atomic mass is 35.5. The Labute approximate surface area is 142 Å². The molecule has 0 aliphatic carbocycles. The van der Waals surface area contributed by atoms with Gasteiger partial charge in [-0.3, -0.25) is 4.79 Å². The second-order valence-electron chi connectivity index (χ2n) is 5.67. The molecule has 0 saturated heterocycles. The summed E-state index contributed by atoms with van der Waals surface area (Å²) in [5, 5.41) is 3.50. The summed E-state index contributed by atoms with van der Waals surface area (Å²) in [5.41, 5.74) is 3.84. The van der Waals surface area contributed by atoms with Gasteiger partial charge in [0.15, 0.2) is 6.10 Å². The van der Waals surface area contributed by atoms with Gasteiger partial charge in [0, 0.05) is 10.7 Å². The van der Waals surface area contributed by atoms with Gasteiger partial charge in [-0.05, 0) is 62.1 Å². The highest BCUT2D eigenvalue weighted by Gasteiger charge is 2.19. The molecule has 122 valence electrons. The zero-order chi connectivity index (χ0) is 17.0. The van der Waals surface area contributed by atoms with Crippen LogP contribution in [-0.4, -0.2) is 12.0 Å². The number of benzene rings is 2. The Bertz CT molecular complexity index is 713. The molecule has 1 amide bonds. The van der Waals surface area contributed by atoms with Crippen molar-refractivity contribution in [1.29, 1.82) is 0 Å². The number of hydrogen-bond acceptors (Lipinski definition) is 2. The van der Waals surface area contributed by atoms with Crippen molar-refractivity contribution in [3.8, 4) is 5.75 Å². The first-order chi connectivity index (χ1) is 10.9. The Balaban J connectivity index is 2.12. The molecule has 2 aromatic carbocycles. The summed E-state index contributed by atoms with van der Waals surface area (Å²) in [6, 6.07) is 11.3. The minimum atomic E-state index is -0.546. The lowest BCUT2D eigenvalue weighted by atomic mass is 10.1. The van der Waals surface area contributed by atoms with Gasteiger partial charge >= 0.3 is 0 Å². The predicted octanol–water partition coefficient (Wildman–Crippen LogP) is 5.06. The number of halogens is 1. The van der Waals surface area contributed by atoms with E-state index in [0.717, 1.165) is 22.4 Å². The molecule has 0 radical (unpaired) electrons. The molecule has 0 aliphatic heterocycles. The fourth-order valence-electron chi connectivity index (χ4n) is 2.22. The first-order valence-corrected chi connectivity index (χ1v) is 8.10. The van der Waals surface area contributed by atoms with E-state index in [0.29, 0.717) is 17.1 Å². The minimum Gasteiger partial charge on any atom is -0.480 e. The Morgan fingerprint density at radius 1 is 1.17 bits per heavy atom. The van der Waals surface area contributed by atoms with E-state index in [-0.39, 0.29) is 5.91 Å². The molecule has 4 heteroatoms. The Morgan fingerprint density at radius 2 is 1.91 bits per heavy atom. The van der Waals surface area contributed by atoms with Gasteiger partial charge < -0.3 is 10.1 Å². The highest BCUT2D eigenvalue weighted by Crippen LogP contribution is 2.24. The molecule has 0 aliphatic rings. The van der Waals surface area contributed by atoms with Crippen LogP contribution < -0.4 is 10.1 Å². The molecule has 2 aromatic rings. The van der Waals surface area contributed by atoms with Crippen LogP contribution in [0.4, 0.5) is 5.69 Å². The molecule has 0 heterocycles. The lowest BCUT2D eigenvalue weighted by molar-refractivity contribution is -0.122. The molecule has 0 aromatic heterocycles. The monoisotopic (exact) mass is 331 g/mol. The van der Waals surface area contributed by atoms with Gasteiger partial charge in [0.2, 0.25) is 0 Å². The largest absolute Gasteiger partial charge is 0.480 e.